The summed E-state index contributed by atoms with van der Waals surface area (Å²) in [6.45, 7) is 0.540. The van der Waals surface area contributed by atoms with Crippen LogP contribution in [0.5, 0.6) is 0 Å². The molecule has 1 aromatic heterocycles. The van der Waals surface area contributed by atoms with Crippen LogP contribution in [0.4, 0.5) is 0 Å². The molecule has 128 valence electrons. The van der Waals surface area contributed by atoms with Gasteiger partial charge in [-0.2, -0.15) is 0 Å². The van der Waals surface area contributed by atoms with Crippen molar-refractivity contribution in [2.45, 2.75) is 18.1 Å². The first kappa shape index (κ1) is 17.2. The summed E-state index contributed by atoms with van der Waals surface area (Å²) in [6.07, 6.45) is 0.727. The van der Waals surface area contributed by atoms with E-state index in [4.69, 9.17) is 0 Å². The van der Waals surface area contributed by atoms with Crippen molar-refractivity contribution < 1.29 is 4.79 Å². The van der Waals surface area contributed by atoms with Gasteiger partial charge in [0.1, 0.15) is 5.82 Å². The van der Waals surface area contributed by atoms with Crippen molar-refractivity contribution in [3.8, 4) is 0 Å². The van der Waals surface area contributed by atoms with Crippen molar-refractivity contribution in [1.29, 1.82) is 0 Å². The number of nitrogens with zero attached hydrogens (tertiary/aromatic N) is 3. The van der Waals surface area contributed by atoms with Gasteiger partial charge in [0.25, 0.3) is 0 Å². The molecule has 1 amide bonds. The number of carbonyl (C=O) groups is 1. The molecule has 0 aliphatic heterocycles. The van der Waals surface area contributed by atoms with Crippen LogP contribution in [0.2, 0.25) is 0 Å². The molecule has 0 aliphatic rings. The maximum absolute atomic E-state index is 12.0. The molecule has 0 spiro atoms. The van der Waals surface area contributed by atoms with Gasteiger partial charge in [-0.25, -0.2) is 0 Å². The van der Waals surface area contributed by atoms with Gasteiger partial charge in [-0.1, -0.05) is 72.4 Å². The fraction of sp³-hybridized carbons (Fsp3) is 0.211. The summed E-state index contributed by atoms with van der Waals surface area (Å²) in [6, 6.07) is 20.0. The standard InChI is InChI=1S/C19H20N4OS/c1-23-17(12-15-8-4-2-5-9-15)21-22-19(23)25-14-18(24)20-13-16-10-6-3-7-11-16/h2-11H,12-14H2,1H3,(H,20,24). The van der Waals surface area contributed by atoms with Crippen LogP contribution in [0.1, 0.15) is 17.0 Å². The SMILES string of the molecule is Cn1c(Cc2ccccc2)nnc1SCC(=O)NCc1ccccc1. The highest BCUT2D eigenvalue weighted by atomic mass is 32.2. The van der Waals surface area contributed by atoms with E-state index in [9.17, 15) is 4.79 Å². The first-order valence-electron chi connectivity index (χ1n) is 8.08. The first-order valence-corrected chi connectivity index (χ1v) is 9.06. The lowest BCUT2D eigenvalue weighted by Gasteiger charge is -2.06. The fourth-order valence-electron chi connectivity index (χ4n) is 2.38. The zero-order chi connectivity index (χ0) is 17.5. The molecule has 0 saturated carbocycles. The molecular weight excluding hydrogens is 332 g/mol. The highest BCUT2D eigenvalue weighted by Gasteiger charge is 2.11. The van der Waals surface area contributed by atoms with Crippen LogP contribution in [0.25, 0.3) is 0 Å². The molecule has 0 atom stereocenters. The summed E-state index contributed by atoms with van der Waals surface area (Å²) in [7, 11) is 1.93. The van der Waals surface area contributed by atoms with Crippen LogP contribution in [-0.2, 0) is 24.8 Å². The molecule has 0 radical (unpaired) electrons. The summed E-state index contributed by atoms with van der Waals surface area (Å²) in [5.74, 6) is 1.20. The lowest BCUT2D eigenvalue weighted by Crippen LogP contribution is -2.24. The van der Waals surface area contributed by atoms with Gasteiger partial charge in [0.2, 0.25) is 5.91 Å². The van der Waals surface area contributed by atoms with E-state index in [0.29, 0.717) is 12.3 Å². The topological polar surface area (TPSA) is 59.8 Å². The normalized spacial score (nSPS) is 10.6. The number of amides is 1. The molecule has 25 heavy (non-hydrogen) atoms. The molecule has 1 heterocycles. The highest BCUT2D eigenvalue weighted by molar-refractivity contribution is 7.99. The van der Waals surface area contributed by atoms with Gasteiger partial charge in [-0.15, -0.1) is 10.2 Å². The van der Waals surface area contributed by atoms with Crippen molar-refractivity contribution in [3.63, 3.8) is 0 Å². The summed E-state index contributed by atoms with van der Waals surface area (Å²) >= 11 is 1.40. The van der Waals surface area contributed by atoms with Gasteiger partial charge in [0.05, 0.1) is 5.75 Å². The molecule has 2 aromatic carbocycles. The minimum absolute atomic E-state index is 0.0125. The van der Waals surface area contributed by atoms with E-state index >= 15 is 0 Å². The van der Waals surface area contributed by atoms with E-state index < -0.39 is 0 Å². The molecule has 0 fully saturated rings. The smallest absolute Gasteiger partial charge is 0.230 e. The second kappa shape index (κ2) is 8.48. The van der Waals surface area contributed by atoms with Gasteiger partial charge in [-0.05, 0) is 11.1 Å². The van der Waals surface area contributed by atoms with E-state index in [2.05, 4.69) is 27.6 Å². The van der Waals surface area contributed by atoms with Crippen LogP contribution in [0.3, 0.4) is 0 Å². The number of nitrogens with one attached hydrogen (secondary N) is 1. The van der Waals surface area contributed by atoms with Crippen LogP contribution in [0, 0.1) is 0 Å². The summed E-state index contributed by atoms with van der Waals surface area (Å²) in [5.41, 5.74) is 2.28. The van der Waals surface area contributed by atoms with Crippen LogP contribution < -0.4 is 5.32 Å². The molecular formula is C19H20N4OS. The Kier molecular flexibility index (Phi) is 5.85. The third kappa shape index (κ3) is 4.93. The quantitative estimate of drug-likeness (QED) is 0.664. The van der Waals surface area contributed by atoms with Gasteiger partial charge in [0.15, 0.2) is 5.16 Å². The monoisotopic (exact) mass is 352 g/mol. The third-order valence-electron chi connectivity index (χ3n) is 3.80. The van der Waals surface area contributed by atoms with Gasteiger partial charge < -0.3 is 9.88 Å². The predicted molar refractivity (Wildman–Crippen MR) is 99.3 cm³/mol. The number of benzene rings is 2. The Bertz CT molecular complexity index is 818. The Morgan fingerprint density at radius 3 is 2.32 bits per heavy atom. The number of hydrogen-bond acceptors (Lipinski definition) is 4. The maximum Gasteiger partial charge on any atom is 0.230 e. The molecule has 3 rings (SSSR count). The van der Waals surface area contributed by atoms with E-state index in [1.807, 2.05) is 60.1 Å². The van der Waals surface area contributed by atoms with Crippen molar-refractivity contribution in [1.82, 2.24) is 20.1 Å². The number of hydrogen-bond donors (Lipinski definition) is 1. The van der Waals surface area contributed by atoms with E-state index in [1.54, 1.807) is 0 Å². The second-order valence-corrected chi connectivity index (χ2v) is 6.61. The van der Waals surface area contributed by atoms with Crippen molar-refractivity contribution in [2.24, 2.45) is 7.05 Å². The summed E-state index contributed by atoms with van der Waals surface area (Å²) in [4.78, 5) is 12.0. The largest absolute Gasteiger partial charge is 0.351 e. The molecule has 0 unspecified atom stereocenters. The van der Waals surface area contributed by atoms with Crippen molar-refractivity contribution in [2.75, 3.05) is 5.75 Å². The lowest BCUT2D eigenvalue weighted by atomic mass is 10.1. The zero-order valence-corrected chi connectivity index (χ0v) is 14.9. The number of carbonyl (C=O) groups excluding carboxylic acids is 1. The van der Waals surface area contributed by atoms with Gasteiger partial charge >= 0.3 is 0 Å². The lowest BCUT2D eigenvalue weighted by molar-refractivity contribution is -0.118. The Morgan fingerprint density at radius 1 is 1.00 bits per heavy atom. The van der Waals surface area contributed by atoms with E-state index in [1.165, 1.54) is 17.3 Å². The number of aromatic nitrogens is 3. The van der Waals surface area contributed by atoms with Crippen LogP contribution >= 0.6 is 11.8 Å². The molecule has 0 aliphatic carbocycles. The average molecular weight is 352 g/mol. The van der Waals surface area contributed by atoms with E-state index in [-0.39, 0.29) is 5.91 Å². The highest BCUT2D eigenvalue weighted by Crippen LogP contribution is 2.17. The molecule has 1 N–H and O–H groups in total. The Hall–Kier alpha value is -2.60. The second-order valence-electron chi connectivity index (χ2n) is 5.67. The fourth-order valence-corrected chi connectivity index (χ4v) is 3.14. The number of thioether (sulfide) groups is 1. The zero-order valence-electron chi connectivity index (χ0n) is 14.1. The third-order valence-corrected chi connectivity index (χ3v) is 4.82. The molecule has 3 aromatic rings. The molecule has 0 bridgehead atoms. The van der Waals surface area contributed by atoms with Gasteiger partial charge in [0, 0.05) is 20.0 Å². The molecule has 5 nitrogen and oxygen atoms in total. The summed E-state index contributed by atoms with van der Waals surface area (Å²) in [5, 5.41) is 12.1. The first-order chi connectivity index (χ1) is 12.2. The predicted octanol–water partition coefficient (Wildman–Crippen LogP) is 2.81. The van der Waals surface area contributed by atoms with Crippen molar-refractivity contribution in [3.05, 3.63) is 77.6 Å². The maximum atomic E-state index is 12.0. The van der Waals surface area contributed by atoms with Crippen LogP contribution in [-0.4, -0.2) is 26.4 Å². The minimum atomic E-state index is -0.0125. The van der Waals surface area contributed by atoms with E-state index in [0.717, 1.165) is 23.0 Å². The average Bonchev–Trinajstić information content (AvgIpc) is 3.00. The molecule has 0 saturated heterocycles. The Morgan fingerprint density at radius 2 is 1.64 bits per heavy atom. The van der Waals surface area contributed by atoms with Crippen molar-refractivity contribution >= 4 is 17.7 Å². The number of rotatable bonds is 7. The van der Waals surface area contributed by atoms with Crippen LogP contribution in [0.15, 0.2) is 65.8 Å². The minimum Gasteiger partial charge on any atom is -0.351 e. The Labute approximate surface area is 151 Å². The summed E-state index contributed by atoms with van der Waals surface area (Å²) < 4.78 is 1.95. The molecule has 6 heteroatoms. The Balaban J connectivity index is 1.50. The van der Waals surface area contributed by atoms with Gasteiger partial charge in [-0.3, -0.25) is 4.79 Å².